The predicted octanol–water partition coefficient (Wildman–Crippen LogP) is 4.18. The maximum absolute atomic E-state index is 13.9. The summed E-state index contributed by atoms with van der Waals surface area (Å²) in [6.45, 7) is 0.447. The van der Waals surface area contributed by atoms with Crippen LogP contribution in [-0.2, 0) is 22.5 Å². The van der Waals surface area contributed by atoms with Gasteiger partial charge in [-0.1, -0.05) is 48.5 Å². The van der Waals surface area contributed by atoms with Crippen molar-refractivity contribution in [2.45, 2.75) is 25.0 Å². The normalized spacial score (nSPS) is 17.7. The van der Waals surface area contributed by atoms with Crippen molar-refractivity contribution in [2.24, 2.45) is 0 Å². The van der Waals surface area contributed by atoms with Gasteiger partial charge in [0.1, 0.15) is 11.9 Å². The highest BCUT2D eigenvalue weighted by molar-refractivity contribution is 5.87. The second kappa shape index (κ2) is 9.01. The first-order valence-corrected chi connectivity index (χ1v) is 11.6. The molecule has 0 aliphatic carbocycles. The van der Waals surface area contributed by atoms with Crippen molar-refractivity contribution in [3.63, 3.8) is 0 Å². The number of benzene rings is 3. The summed E-state index contributed by atoms with van der Waals surface area (Å²) in [5.74, 6) is -0.129. The Morgan fingerprint density at radius 3 is 2.72 bits per heavy atom. The Balaban J connectivity index is 1.50. The summed E-state index contributed by atoms with van der Waals surface area (Å²) < 4.78 is 19.1. The summed E-state index contributed by atoms with van der Waals surface area (Å²) in [7, 11) is 1.41. The summed E-state index contributed by atoms with van der Waals surface area (Å²) in [4.78, 5) is 18.9. The number of hydrogen-bond donors (Lipinski definition) is 2. The van der Waals surface area contributed by atoms with Crippen LogP contribution < -0.4 is 0 Å². The Morgan fingerprint density at radius 1 is 1.11 bits per heavy atom. The highest BCUT2D eigenvalue weighted by Gasteiger charge is 2.41. The molecule has 2 aromatic heterocycles. The molecule has 0 bridgehead atoms. The van der Waals surface area contributed by atoms with E-state index < -0.39 is 6.04 Å². The monoisotopic (exact) mass is 482 g/mol. The Hall–Kier alpha value is -4.37. The molecule has 2 atom stereocenters. The van der Waals surface area contributed by atoms with Gasteiger partial charge in [0.2, 0.25) is 5.82 Å². The summed E-state index contributed by atoms with van der Waals surface area (Å²) in [5.41, 5.74) is 5.74. The average molecular weight is 483 g/mol. The number of H-pyrrole nitrogens is 2. The van der Waals surface area contributed by atoms with Crippen LogP contribution in [0.1, 0.15) is 28.4 Å². The molecule has 1 aliphatic rings. The fourth-order valence-corrected chi connectivity index (χ4v) is 5.19. The molecule has 5 aromatic rings. The van der Waals surface area contributed by atoms with Gasteiger partial charge in [0, 0.05) is 35.1 Å². The number of nitrogens with one attached hydrogen (secondary N) is 2. The number of hydrogen-bond acceptors (Lipinski definition) is 6. The van der Waals surface area contributed by atoms with Gasteiger partial charge in [0.05, 0.1) is 13.2 Å². The van der Waals surface area contributed by atoms with Crippen LogP contribution in [0.4, 0.5) is 4.39 Å². The number of halogens is 1. The summed E-state index contributed by atoms with van der Waals surface area (Å²) >= 11 is 0. The van der Waals surface area contributed by atoms with Gasteiger partial charge in [0.15, 0.2) is 0 Å². The van der Waals surface area contributed by atoms with Crippen LogP contribution >= 0.6 is 0 Å². The molecule has 0 fully saturated rings. The number of esters is 1. The van der Waals surface area contributed by atoms with Crippen LogP contribution in [0.3, 0.4) is 0 Å². The maximum atomic E-state index is 13.9. The first kappa shape index (κ1) is 22.1. The highest BCUT2D eigenvalue weighted by Crippen LogP contribution is 2.42. The maximum Gasteiger partial charge on any atom is 0.323 e. The predicted molar refractivity (Wildman–Crippen MR) is 131 cm³/mol. The number of carbonyl (C=O) groups is 1. The van der Waals surface area contributed by atoms with Crippen molar-refractivity contribution < 1.29 is 13.9 Å². The lowest BCUT2D eigenvalue weighted by molar-refractivity contribution is -0.148. The molecule has 1 unspecified atom stereocenters. The fraction of sp³-hybridized carbons (Fsp3) is 0.185. The van der Waals surface area contributed by atoms with Crippen LogP contribution in [0.2, 0.25) is 0 Å². The Morgan fingerprint density at radius 2 is 1.94 bits per heavy atom. The number of methoxy groups -OCH3 is 1. The second-order valence-electron chi connectivity index (χ2n) is 8.87. The van der Waals surface area contributed by atoms with Crippen LogP contribution in [0.15, 0.2) is 72.8 Å². The number of para-hydroxylation sites is 1. The fourth-order valence-electron chi connectivity index (χ4n) is 5.19. The largest absolute Gasteiger partial charge is 0.468 e. The SMILES string of the molecule is COC(=O)[C@H]1Cc2c([nH]c3ccccc23)C(c2ccc(F)cc2)N1Cc1cccc(-c2nn[nH]n2)c1. The molecule has 36 heavy (non-hydrogen) atoms. The van der Waals surface area contributed by atoms with Gasteiger partial charge in [-0.2, -0.15) is 5.21 Å². The van der Waals surface area contributed by atoms with Gasteiger partial charge >= 0.3 is 5.97 Å². The number of nitrogens with zero attached hydrogens (tertiary/aromatic N) is 4. The molecule has 2 N–H and O–H groups in total. The quantitative estimate of drug-likeness (QED) is 0.365. The minimum Gasteiger partial charge on any atom is -0.468 e. The van der Waals surface area contributed by atoms with E-state index in [2.05, 4.69) is 36.6 Å². The zero-order valence-corrected chi connectivity index (χ0v) is 19.5. The molecule has 0 amide bonds. The molecule has 9 heteroatoms. The van der Waals surface area contributed by atoms with Crippen LogP contribution in [0.5, 0.6) is 0 Å². The van der Waals surface area contributed by atoms with Gasteiger partial charge < -0.3 is 9.72 Å². The number of carbonyl (C=O) groups excluding carboxylic acids is 1. The first-order valence-electron chi connectivity index (χ1n) is 11.6. The summed E-state index contributed by atoms with van der Waals surface area (Å²) in [5, 5.41) is 15.4. The minimum absolute atomic E-state index is 0.310. The number of rotatable bonds is 5. The van der Waals surface area contributed by atoms with Gasteiger partial charge in [-0.15, -0.1) is 10.2 Å². The molecule has 3 aromatic carbocycles. The van der Waals surface area contributed by atoms with Crippen molar-refractivity contribution in [3.8, 4) is 11.4 Å². The van der Waals surface area contributed by atoms with E-state index in [0.29, 0.717) is 18.8 Å². The molecular formula is C27H23FN6O2. The molecule has 0 saturated carbocycles. The number of tetrazole rings is 1. The molecular weight excluding hydrogens is 459 g/mol. The van der Waals surface area contributed by atoms with Crippen LogP contribution in [-0.4, -0.2) is 49.6 Å². The number of aromatic amines is 2. The lowest BCUT2D eigenvalue weighted by atomic mass is 9.87. The van der Waals surface area contributed by atoms with Crippen molar-refractivity contribution in [3.05, 3.63) is 101 Å². The topological polar surface area (TPSA) is 99.8 Å². The highest BCUT2D eigenvalue weighted by atomic mass is 19.1. The van der Waals surface area contributed by atoms with Crippen LogP contribution in [0, 0.1) is 5.82 Å². The third-order valence-corrected chi connectivity index (χ3v) is 6.80. The molecule has 0 radical (unpaired) electrons. The minimum atomic E-state index is -0.536. The van der Waals surface area contributed by atoms with E-state index in [0.717, 1.165) is 38.9 Å². The lowest BCUT2D eigenvalue weighted by Crippen LogP contribution is -2.48. The van der Waals surface area contributed by atoms with E-state index in [1.54, 1.807) is 12.1 Å². The third kappa shape index (κ3) is 3.83. The standard InChI is InChI=1S/C27H23FN6O2/c1-36-27(35)23-14-21-20-7-2-3-8-22(20)29-24(21)25(17-9-11-19(28)12-10-17)34(23)15-16-5-4-6-18(13-16)26-30-32-33-31-26/h2-13,23,25,29H,14-15H2,1H3,(H,30,31,32,33)/t23-,25?/m1/s1. The Labute approximate surface area is 206 Å². The molecule has 0 spiro atoms. The third-order valence-electron chi connectivity index (χ3n) is 6.80. The van der Waals surface area contributed by atoms with E-state index in [-0.39, 0.29) is 17.8 Å². The van der Waals surface area contributed by atoms with E-state index in [4.69, 9.17) is 4.74 Å². The van der Waals surface area contributed by atoms with Gasteiger partial charge in [-0.05, 0) is 46.2 Å². The molecule has 180 valence electrons. The number of aromatic nitrogens is 5. The van der Waals surface area contributed by atoms with E-state index >= 15 is 0 Å². The van der Waals surface area contributed by atoms with Crippen molar-refractivity contribution in [2.75, 3.05) is 7.11 Å². The summed E-state index contributed by atoms with van der Waals surface area (Å²) in [6, 6.07) is 21.5. The molecule has 6 rings (SSSR count). The first-order chi connectivity index (χ1) is 17.6. The van der Waals surface area contributed by atoms with Crippen molar-refractivity contribution in [1.29, 1.82) is 0 Å². The number of ether oxygens (including phenoxy) is 1. The number of fused-ring (bicyclic) bond motifs is 3. The van der Waals surface area contributed by atoms with E-state index in [9.17, 15) is 9.18 Å². The summed E-state index contributed by atoms with van der Waals surface area (Å²) in [6.07, 6.45) is 0.494. The second-order valence-corrected chi connectivity index (χ2v) is 8.87. The van der Waals surface area contributed by atoms with Crippen LogP contribution in [0.25, 0.3) is 22.3 Å². The van der Waals surface area contributed by atoms with E-state index in [1.165, 1.54) is 19.2 Å². The smallest absolute Gasteiger partial charge is 0.323 e. The Kier molecular flexibility index (Phi) is 5.54. The molecule has 0 saturated heterocycles. The molecule has 1 aliphatic heterocycles. The average Bonchev–Trinajstić information content (AvgIpc) is 3.57. The molecule has 3 heterocycles. The lowest BCUT2D eigenvalue weighted by Gasteiger charge is -2.41. The zero-order chi connectivity index (χ0) is 24.6. The van der Waals surface area contributed by atoms with Gasteiger partial charge in [-0.3, -0.25) is 9.69 Å². The Bertz CT molecular complexity index is 1530. The zero-order valence-electron chi connectivity index (χ0n) is 19.5. The van der Waals surface area contributed by atoms with E-state index in [1.807, 2.05) is 42.5 Å². The van der Waals surface area contributed by atoms with Crippen molar-refractivity contribution >= 4 is 16.9 Å². The van der Waals surface area contributed by atoms with Crippen molar-refractivity contribution in [1.82, 2.24) is 30.5 Å². The van der Waals surface area contributed by atoms with Gasteiger partial charge in [0.25, 0.3) is 0 Å². The van der Waals surface area contributed by atoms with Gasteiger partial charge in [-0.25, -0.2) is 4.39 Å². The molecule has 8 nitrogen and oxygen atoms in total.